The van der Waals surface area contributed by atoms with Gasteiger partial charge in [0.25, 0.3) is 0 Å². The summed E-state index contributed by atoms with van der Waals surface area (Å²) >= 11 is 0.790. The molecule has 1 aromatic carbocycles. The molecule has 0 aliphatic heterocycles. The quantitative estimate of drug-likeness (QED) is 0.351. The van der Waals surface area contributed by atoms with Gasteiger partial charge in [-0.2, -0.15) is 15.0 Å². The summed E-state index contributed by atoms with van der Waals surface area (Å²) in [5, 5.41) is 11.5. The van der Waals surface area contributed by atoms with Gasteiger partial charge >= 0.3 is 0 Å². The first-order valence-corrected chi connectivity index (χ1v) is 12.1. The Hall–Kier alpha value is -2.12. The number of benzene rings is 1. The summed E-state index contributed by atoms with van der Waals surface area (Å²) in [6.45, 7) is 5.12. The fourth-order valence-electron chi connectivity index (χ4n) is 2.75. The second-order valence-corrected chi connectivity index (χ2v) is 10.4. The van der Waals surface area contributed by atoms with Crippen LogP contribution in [0, 0.1) is 23.4 Å². The molecule has 0 saturated carbocycles. The van der Waals surface area contributed by atoms with Gasteiger partial charge < -0.3 is 10.4 Å². The minimum absolute atomic E-state index is 0.0317. The van der Waals surface area contributed by atoms with Gasteiger partial charge in [-0.05, 0) is 31.4 Å². The summed E-state index contributed by atoms with van der Waals surface area (Å²) in [5.74, 6) is -3.54. The second-order valence-electron chi connectivity index (χ2n) is 7.31. The molecule has 1 heterocycles. The van der Waals surface area contributed by atoms with Crippen LogP contribution in [0.3, 0.4) is 0 Å². The lowest BCUT2D eigenvalue weighted by Gasteiger charge is -2.19. The van der Waals surface area contributed by atoms with Crippen LogP contribution in [0.1, 0.15) is 38.0 Å². The number of hydrogen-bond acceptors (Lipinski definition) is 8. The van der Waals surface area contributed by atoms with Gasteiger partial charge in [-0.1, -0.05) is 25.6 Å². The molecule has 8 nitrogen and oxygen atoms in total. The number of sulfonamides is 1. The van der Waals surface area contributed by atoms with Gasteiger partial charge in [0.15, 0.2) is 16.8 Å². The highest BCUT2D eigenvalue weighted by Crippen LogP contribution is 2.36. The number of halogens is 3. The molecular weight excluding hydrogens is 455 g/mol. The van der Waals surface area contributed by atoms with E-state index in [4.69, 9.17) is 0 Å². The van der Waals surface area contributed by atoms with Crippen molar-refractivity contribution in [2.75, 3.05) is 22.9 Å². The summed E-state index contributed by atoms with van der Waals surface area (Å²) < 4.78 is 67.1. The van der Waals surface area contributed by atoms with E-state index in [0.717, 1.165) is 24.1 Å². The van der Waals surface area contributed by atoms with Gasteiger partial charge in [0.1, 0.15) is 5.82 Å². The number of aliphatic hydroxyl groups excluding tert-OH is 1. The lowest BCUT2D eigenvalue weighted by molar-refractivity contribution is 0.259. The minimum atomic E-state index is -3.72. The number of aromatic nitrogens is 3. The third-order valence-electron chi connectivity index (χ3n) is 3.97. The average Bonchev–Trinajstić information content (AvgIpc) is 2.62. The van der Waals surface area contributed by atoms with Crippen molar-refractivity contribution in [3.8, 4) is 0 Å². The maximum atomic E-state index is 14.1. The van der Waals surface area contributed by atoms with E-state index in [2.05, 4.69) is 25.0 Å². The highest BCUT2D eigenvalue weighted by atomic mass is 32.2. The van der Waals surface area contributed by atoms with Gasteiger partial charge in [0, 0.05) is 10.8 Å². The summed E-state index contributed by atoms with van der Waals surface area (Å²) in [4.78, 5) is 12.1. The molecule has 0 spiro atoms. The first-order valence-electron chi connectivity index (χ1n) is 9.31. The topological polar surface area (TPSA) is 117 Å². The van der Waals surface area contributed by atoms with E-state index in [1.807, 2.05) is 13.8 Å². The van der Waals surface area contributed by atoms with Crippen LogP contribution in [-0.4, -0.2) is 47.4 Å². The van der Waals surface area contributed by atoms with Crippen LogP contribution in [0.25, 0.3) is 0 Å². The molecule has 0 saturated heterocycles. The summed E-state index contributed by atoms with van der Waals surface area (Å²) in [6, 6.07) is 1.09. The van der Waals surface area contributed by atoms with Crippen molar-refractivity contribution in [3.63, 3.8) is 0 Å². The zero-order valence-electron chi connectivity index (χ0n) is 17.4. The Labute approximate surface area is 183 Å². The van der Waals surface area contributed by atoms with E-state index in [9.17, 15) is 26.7 Å². The second kappa shape index (κ2) is 10.5. The van der Waals surface area contributed by atoms with E-state index in [0.29, 0.717) is 12.5 Å². The van der Waals surface area contributed by atoms with Gasteiger partial charge in [-0.3, -0.25) is 4.72 Å². The predicted molar refractivity (Wildman–Crippen MR) is 113 cm³/mol. The number of nitrogens with zero attached hydrogens (tertiary/aromatic N) is 3. The Morgan fingerprint density at radius 2 is 1.68 bits per heavy atom. The van der Waals surface area contributed by atoms with Crippen LogP contribution in [0.15, 0.2) is 17.3 Å². The number of thioether (sulfide) groups is 1. The average molecular weight is 480 g/mol. The van der Waals surface area contributed by atoms with Gasteiger partial charge in [-0.15, -0.1) is 0 Å². The lowest BCUT2D eigenvalue weighted by Crippen LogP contribution is -2.27. The standard InChI is InChI=1S/C18H24F3N5O3S2/c1-9(2)7-11(8-27)22-16-23-17(26-31(4,28)29)25-18(24-16)30-10(3)14-12(19)5-6-13(20)15(14)21/h5-6,9-11,27H,7-8H2,1-4H3,(H2,22,23,24,25,26)/t10?,11-/m1/s1. The van der Waals surface area contributed by atoms with E-state index >= 15 is 0 Å². The number of aliphatic hydroxyl groups is 1. The maximum absolute atomic E-state index is 14.1. The van der Waals surface area contributed by atoms with E-state index in [1.165, 1.54) is 6.92 Å². The summed E-state index contributed by atoms with van der Waals surface area (Å²) in [7, 11) is -3.72. The Balaban J connectivity index is 2.39. The molecule has 3 N–H and O–H groups in total. The number of hydrogen-bond donors (Lipinski definition) is 3. The highest BCUT2D eigenvalue weighted by Gasteiger charge is 2.23. The van der Waals surface area contributed by atoms with Crippen molar-refractivity contribution < 1.29 is 26.7 Å². The number of anilines is 2. The first kappa shape index (κ1) is 25.1. The van der Waals surface area contributed by atoms with Crippen molar-refractivity contribution in [2.45, 2.75) is 43.6 Å². The Morgan fingerprint density at radius 3 is 2.26 bits per heavy atom. The molecule has 2 atom stereocenters. The molecular formula is C18H24F3N5O3S2. The Morgan fingerprint density at radius 1 is 1.06 bits per heavy atom. The fraction of sp³-hybridized carbons (Fsp3) is 0.500. The number of nitrogens with one attached hydrogen (secondary N) is 2. The van der Waals surface area contributed by atoms with Crippen molar-refractivity contribution in [2.24, 2.45) is 5.92 Å². The normalized spacial score (nSPS) is 13.8. The zero-order valence-corrected chi connectivity index (χ0v) is 19.0. The highest BCUT2D eigenvalue weighted by molar-refractivity contribution is 7.99. The molecule has 1 aromatic heterocycles. The van der Waals surface area contributed by atoms with Gasteiger partial charge in [-0.25, -0.2) is 21.6 Å². The van der Waals surface area contributed by atoms with E-state index < -0.39 is 44.3 Å². The van der Waals surface area contributed by atoms with Crippen LogP contribution in [0.4, 0.5) is 25.1 Å². The Kier molecular flexibility index (Phi) is 8.49. The maximum Gasteiger partial charge on any atom is 0.242 e. The third kappa shape index (κ3) is 7.51. The van der Waals surface area contributed by atoms with Crippen LogP contribution in [0.5, 0.6) is 0 Å². The molecule has 172 valence electrons. The van der Waals surface area contributed by atoms with Crippen LogP contribution in [-0.2, 0) is 10.0 Å². The smallest absolute Gasteiger partial charge is 0.242 e. The molecule has 0 fully saturated rings. The first-order chi connectivity index (χ1) is 14.4. The SMILES string of the molecule is CC(C)C[C@H](CO)Nc1nc(NS(C)(=O)=O)nc(SC(C)c2c(F)ccc(F)c2F)n1. The molecule has 0 bridgehead atoms. The van der Waals surface area contributed by atoms with Crippen molar-refractivity contribution in [1.29, 1.82) is 0 Å². The summed E-state index contributed by atoms with van der Waals surface area (Å²) in [6.07, 6.45) is 1.49. The molecule has 0 aliphatic carbocycles. The fourth-order valence-corrected chi connectivity index (χ4v) is 4.10. The van der Waals surface area contributed by atoms with Gasteiger partial charge in [0.2, 0.25) is 21.9 Å². The summed E-state index contributed by atoms with van der Waals surface area (Å²) in [5.41, 5.74) is -0.495. The molecule has 0 amide bonds. The number of rotatable bonds is 10. The van der Waals surface area contributed by atoms with Crippen molar-refractivity contribution >= 4 is 33.7 Å². The Bertz CT molecular complexity index is 1020. The van der Waals surface area contributed by atoms with Gasteiger partial charge in [0.05, 0.1) is 18.9 Å². The predicted octanol–water partition coefficient (Wildman–Crippen LogP) is 3.33. The van der Waals surface area contributed by atoms with Crippen LogP contribution < -0.4 is 10.0 Å². The van der Waals surface area contributed by atoms with Crippen molar-refractivity contribution in [3.05, 3.63) is 35.1 Å². The molecule has 31 heavy (non-hydrogen) atoms. The zero-order chi connectivity index (χ0) is 23.3. The largest absolute Gasteiger partial charge is 0.394 e. The third-order valence-corrected chi connectivity index (χ3v) is 5.51. The lowest BCUT2D eigenvalue weighted by atomic mass is 10.0. The van der Waals surface area contributed by atoms with E-state index in [1.54, 1.807) is 0 Å². The van der Waals surface area contributed by atoms with E-state index in [-0.39, 0.29) is 29.6 Å². The minimum Gasteiger partial charge on any atom is -0.394 e. The monoisotopic (exact) mass is 479 g/mol. The van der Waals surface area contributed by atoms with Crippen molar-refractivity contribution in [1.82, 2.24) is 15.0 Å². The molecule has 1 unspecified atom stereocenters. The molecule has 2 rings (SSSR count). The van der Waals surface area contributed by atoms with Crippen LogP contribution in [0.2, 0.25) is 0 Å². The molecule has 13 heteroatoms. The van der Waals surface area contributed by atoms with Crippen LogP contribution >= 0.6 is 11.8 Å². The molecule has 0 aliphatic rings. The molecule has 2 aromatic rings. The molecule has 0 radical (unpaired) electrons.